The Labute approximate surface area is 103 Å². The summed E-state index contributed by atoms with van der Waals surface area (Å²) >= 11 is 0. The minimum Gasteiger partial charge on any atom is -0.494 e. The lowest BCUT2D eigenvalue weighted by Gasteiger charge is -2.03. The Hall–Kier alpha value is -2.50. The van der Waals surface area contributed by atoms with Crippen molar-refractivity contribution in [1.82, 2.24) is 4.98 Å². The molecule has 1 heterocycles. The molecule has 1 aromatic heterocycles. The largest absolute Gasteiger partial charge is 0.494 e. The molecule has 2 aromatic rings. The summed E-state index contributed by atoms with van der Waals surface area (Å²) in [5.41, 5.74) is 12.0. The molecule has 0 aliphatic heterocycles. The van der Waals surface area contributed by atoms with E-state index in [0.29, 0.717) is 11.3 Å². The zero-order valence-corrected chi connectivity index (χ0v) is 9.66. The first-order chi connectivity index (χ1) is 8.52. The first-order valence-corrected chi connectivity index (χ1v) is 5.15. The van der Waals surface area contributed by atoms with Crippen molar-refractivity contribution in [2.24, 2.45) is 5.73 Å². The highest BCUT2D eigenvalue weighted by Crippen LogP contribution is 2.27. The molecule has 94 valence electrons. The maximum atomic E-state index is 13.5. The number of carbonyl (C=O) groups is 1. The van der Waals surface area contributed by atoms with Crippen molar-refractivity contribution in [1.29, 1.82) is 0 Å². The van der Waals surface area contributed by atoms with E-state index in [1.54, 1.807) is 6.07 Å². The van der Waals surface area contributed by atoms with Gasteiger partial charge in [0.15, 0.2) is 11.6 Å². The second-order valence-electron chi connectivity index (χ2n) is 3.72. The molecule has 0 fully saturated rings. The van der Waals surface area contributed by atoms with Crippen LogP contribution in [0.1, 0.15) is 10.4 Å². The topological polar surface area (TPSA) is 94.1 Å². The third-order valence-corrected chi connectivity index (χ3v) is 2.58. The highest BCUT2D eigenvalue weighted by Gasteiger charge is 2.12. The van der Waals surface area contributed by atoms with Crippen LogP contribution >= 0.6 is 0 Å². The fourth-order valence-corrected chi connectivity index (χ4v) is 1.66. The molecule has 6 heteroatoms. The van der Waals surface area contributed by atoms with Gasteiger partial charge in [0, 0.05) is 11.3 Å². The van der Waals surface area contributed by atoms with Crippen molar-refractivity contribution in [3.63, 3.8) is 0 Å². The minimum atomic E-state index is -0.635. The number of aromatic amines is 1. The average Bonchev–Trinajstić information content (AvgIpc) is 2.71. The number of methoxy groups -OCH3 is 1. The number of nitrogens with one attached hydrogen (secondary N) is 1. The number of H-pyrrole nitrogens is 1. The lowest BCUT2D eigenvalue weighted by molar-refractivity contribution is 0.100. The molecule has 0 radical (unpaired) electrons. The van der Waals surface area contributed by atoms with Gasteiger partial charge in [-0.15, -0.1) is 0 Å². The maximum Gasteiger partial charge on any atom is 0.252 e. The lowest BCUT2D eigenvalue weighted by atomic mass is 10.1. The Morgan fingerprint density at radius 3 is 2.61 bits per heavy atom. The number of anilines is 1. The van der Waals surface area contributed by atoms with E-state index in [1.807, 2.05) is 0 Å². The molecule has 18 heavy (non-hydrogen) atoms. The summed E-state index contributed by atoms with van der Waals surface area (Å²) in [5, 5.41) is 0. The van der Waals surface area contributed by atoms with Crippen molar-refractivity contribution >= 4 is 11.7 Å². The number of carbonyl (C=O) groups excluding carboxylic acids is 1. The second kappa shape index (κ2) is 4.40. The van der Waals surface area contributed by atoms with Crippen LogP contribution < -0.4 is 16.2 Å². The van der Waals surface area contributed by atoms with Crippen LogP contribution in [0.2, 0.25) is 0 Å². The summed E-state index contributed by atoms with van der Waals surface area (Å²) in [6.45, 7) is 0. The molecule has 0 bridgehead atoms. The number of primary amides is 1. The van der Waals surface area contributed by atoms with E-state index in [0.717, 1.165) is 0 Å². The molecule has 0 saturated carbocycles. The van der Waals surface area contributed by atoms with Crippen molar-refractivity contribution in [2.45, 2.75) is 0 Å². The summed E-state index contributed by atoms with van der Waals surface area (Å²) in [5.74, 6) is -0.824. The molecule has 0 spiro atoms. The number of nitrogens with two attached hydrogens (primary N) is 2. The number of aromatic nitrogens is 1. The van der Waals surface area contributed by atoms with Gasteiger partial charge >= 0.3 is 0 Å². The van der Waals surface area contributed by atoms with Crippen LogP contribution in [-0.2, 0) is 0 Å². The summed E-state index contributed by atoms with van der Waals surface area (Å²) < 4.78 is 18.4. The summed E-state index contributed by atoms with van der Waals surface area (Å²) in [7, 11) is 1.38. The van der Waals surface area contributed by atoms with Crippen molar-refractivity contribution in [2.75, 3.05) is 12.8 Å². The molecular formula is C12H12FN3O2. The second-order valence-corrected chi connectivity index (χ2v) is 3.72. The predicted molar refractivity (Wildman–Crippen MR) is 65.7 cm³/mol. The molecule has 1 aromatic carbocycles. The lowest BCUT2D eigenvalue weighted by Crippen LogP contribution is -2.11. The van der Waals surface area contributed by atoms with Gasteiger partial charge in [0.25, 0.3) is 5.91 Å². The van der Waals surface area contributed by atoms with Crippen LogP contribution in [0.4, 0.5) is 10.2 Å². The number of hydrogen-bond donors (Lipinski definition) is 3. The average molecular weight is 249 g/mol. The van der Waals surface area contributed by atoms with Gasteiger partial charge in [-0.3, -0.25) is 4.79 Å². The van der Waals surface area contributed by atoms with E-state index in [1.165, 1.54) is 25.3 Å². The van der Waals surface area contributed by atoms with E-state index in [4.69, 9.17) is 16.2 Å². The van der Waals surface area contributed by atoms with Crippen LogP contribution in [0.25, 0.3) is 11.3 Å². The summed E-state index contributed by atoms with van der Waals surface area (Å²) in [6, 6.07) is 5.91. The van der Waals surface area contributed by atoms with Gasteiger partial charge < -0.3 is 21.2 Å². The Bertz CT molecular complexity index is 607. The molecule has 2 rings (SSSR count). The quantitative estimate of drug-likeness (QED) is 0.769. The smallest absolute Gasteiger partial charge is 0.252 e. The first-order valence-electron chi connectivity index (χ1n) is 5.15. The van der Waals surface area contributed by atoms with Gasteiger partial charge in [-0.2, -0.15) is 0 Å². The van der Waals surface area contributed by atoms with Gasteiger partial charge in [0.2, 0.25) is 0 Å². The fraction of sp³-hybridized carbons (Fsp3) is 0.0833. The number of halogens is 1. The van der Waals surface area contributed by atoms with Crippen molar-refractivity contribution < 1.29 is 13.9 Å². The van der Waals surface area contributed by atoms with Gasteiger partial charge in [-0.25, -0.2) is 4.39 Å². The zero-order valence-electron chi connectivity index (χ0n) is 9.66. The minimum absolute atomic E-state index is 0.147. The highest BCUT2D eigenvalue weighted by molar-refractivity contribution is 5.98. The molecule has 5 N–H and O–H groups in total. The van der Waals surface area contributed by atoms with Gasteiger partial charge in [-0.05, 0) is 24.3 Å². The Kier molecular flexibility index (Phi) is 2.93. The number of rotatable bonds is 3. The molecule has 0 aliphatic rings. The normalized spacial score (nSPS) is 10.3. The first kappa shape index (κ1) is 12.0. The van der Waals surface area contributed by atoms with Gasteiger partial charge in [-0.1, -0.05) is 0 Å². The standard InChI is InChI=1S/C12H12FN3O2/c1-18-10-3-2-6(4-8(10)13)9-5-7(12(15)17)11(14)16-9/h2-5,16H,14H2,1H3,(H2,15,17). The Morgan fingerprint density at radius 1 is 1.39 bits per heavy atom. The number of benzene rings is 1. The number of hydrogen-bond acceptors (Lipinski definition) is 3. The van der Waals surface area contributed by atoms with Crippen LogP contribution in [0.3, 0.4) is 0 Å². The van der Waals surface area contributed by atoms with Crippen LogP contribution in [0.15, 0.2) is 24.3 Å². The van der Waals surface area contributed by atoms with Crippen LogP contribution in [-0.4, -0.2) is 18.0 Å². The Morgan fingerprint density at radius 2 is 2.11 bits per heavy atom. The van der Waals surface area contributed by atoms with Crippen LogP contribution in [0.5, 0.6) is 5.75 Å². The van der Waals surface area contributed by atoms with E-state index < -0.39 is 11.7 Å². The zero-order chi connectivity index (χ0) is 13.3. The molecule has 0 unspecified atom stereocenters. The SMILES string of the molecule is COc1ccc(-c2cc(C(N)=O)c(N)[nH]2)cc1F. The van der Waals surface area contributed by atoms with E-state index in [2.05, 4.69) is 4.98 Å². The monoisotopic (exact) mass is 249 g/mol. The maximum absolute atomic E-state index is 13.5. The molecule has 5 nitrogen and oxygen atoms in total. The molecule has 1 amide bonds. The van der Waals surface area contributed by atoms with E-state index in [-0.39, 0.29) is 17.1 Å². The predicted octanol–water partition coefficient (Wildman–Crippen LogP) is 1.51. The third-order valence-electron chi connectivity index (χ3n) is 2.58. The number of amides is 1. The highest BCUT2D eigenvalue weighted by atomic mass is 19.1. The van der Waals surface area contributed by atoms with Gasteiger partial charge in [0.05, 0.1) is 12.7 Å². The number of nitrogen functional groups attached to an aromatic ring is 1. The summed E-state index contributed by atoms with van der Waals surface area (Å²) in [4.78, 5) is 13.8. The molecular weight excluding hydrogens is 237 g/mol. The van der Waals surface area contributed by atoms with Crippen molar-refractivity contribution in [3.8, 4) is 17.0 Å². The summed E-state index contributed by atoms with van der Waals surface area (Å²) in [6.07, 6.45) is 0. The molecule has 0 aliphatic carbocycles. The molecule has 0 saturated heterocycles. The van der Waals surface area contributed by atoms with E-state index >= 15 is 0 Å². The third kappa shape index (κ3) is 2.00. The fourth-order valence-electron chi connectivity index (χ4n) is 1.66. The van der Waals surface area contributed by atoms with Gasteiger partial charge in [0.1, 0.15) is 5.82 Å². The van der Waals surface area contributed by atoms with Crippen LogP contribution in [0, 0.1) is 5.82 Å². The Balaban J connectivity index is 2.46. The van der Waals surface area contributed by atoms with Crippen molar-refractivity contribution in [3.05, 3.63) is 35.6 Å². The molecule has 0 atom stereocenters. The number of ether oxygens (including phenoxy) is 1. The van der Waals surface area contributed by atoms with E-state index in [9.17, 15) is 9.18 Å².